The van der Waals surface area contributed by atoms with Gasteiger partial charge in [-0.2, -0.15) is 0 Å². The minimum atomic E-state index is -0.372. The molecule has 0 saturated carbocycles. The molecule has 7 nitrogen and oxygen atoms in total. The summed E-state index contributed by atoms with van der Waals surface area (Å²) in [6.45, 7) is 8.70. The third-order valence-corrected chi connectivity index (χ3v) is 6.19. The van der Waals surface area contributed by atoms with E-state index in [1.165, 1.54) is 25.9 Å². The van der Waals surface area contributed by atoms with E-state index in [0.717, 1.165) is 52.1 Å². The first kappa shape index (κ1) is 20.3. The highest BCUT2D eigenvalue weighted by Gasteiger charge is 2.25. The van der Waals surface area contributed by atoms with Crippen molar-refractivity contribution in [2.45, 2.75) is 31.8 Å². The van der Waals surface area contributed by atoms with Crippen LogP contribution in [0.3, 0.4) is 0 Å². The summed E-state index contributed by atoms with van der Waals surface area (Å²) >= 11 is 0. The Kier molecular flexibility index (Phi) is 6.79. The first-order valence-electron chi connectivity index (χ1n) is 11.0. The molecular weight excluding hydrogens is 368 g/mol. The molecule has 1 atom stereocenters. The van der Waals surface area contributed by atoms with Crippen LogP contribution in [0.25, 0.3) is 0 Å². The molecule has 0 aliphatic carbocycles. The molecule has 3 fully saturated rings. The van der Waals surface area contributed by atoms with Crippen molar-refractivity contribution in [3.05, 3.63) is 29.8 Å². The first-order chi connectivity index (χ1) is 14.2. The fourth-order valence-corrected chi connectivity index (χ4v) is 4.38. The molecule has 158 valence electrons. The number of anilines is 1. The highest BCUT2D eigenvalue weighted by atomic mass is 16.5. The molecule has 0 radical (unpaired) electrons. The number of hydrogen-bond acceptors (Lipinski definition) is 5. The summed E-state index contributed by atoms with van der Waals surface area (Å²) in [6.07, 6.45) is 3.96. The average molecular weight is 401 g/mol. The van der Waals surface area contributed by atoms with E-state index in [9.17, 15) is 9.59 Å². The van der Waals surface area contributed by atoms with Gasteiger partial charge in [0, 0.05) is 57.1 Å². The van der Waals surface area contributed by atoms with Crippen LogP contribution in [0.5, 0.6) is 0 Å². The van der Waals surface area contributed by atoms with E-state index in [2.05, 4.69) is 15.1 Å². The predicted octanol–water partition coefficient (Wildman–Crippen LogP) is 1.66. The van der Waals surface area contributed by atoms with Crippen molar-refractivity contribution in [3.8, 4) is 0 Å². The second kappa shape index (κ2) is 9.69. The van der Waals surface area contributed by atoms with Gasteiger partial charge < -0.3 is 19.9 Å². The van der Waals surface area contributed by atoms with Crippen LogP contribution in [-0.2, 0) is 9.53 Å². The van der Waals surface area contributed by atoms with Gasteiger partial charge in [0.25, 0.3) is 11.8 Å². The highest BCUT2D eigenvalue weighted by Crippen LogP contribution is 2.18. The number of nitrogens with one attached hydrogen (secondary N) is 1. The predicted molar refractivity (Wildman–Crippen MR) is 112 cm³/mol. The molecule has 29 heavy (non-hydrogen) atoms. The largest absolute Gasteiger partial charge is 0.368 e. The number of amides is 2. The summed E-state index contributed by atoms with van der Waals surface area (Å²) in [6, 6.07) is 7.24. The molecule has 3 saturated heterocycles. The van der Waals surface area contributed by atoms with E-state index < -0.39 is 0 Å². The van der Waals surface area contributed by atoms with Crippen molar-refractivity contribution in [1.82, 2.24) is 14.7 Å². The van der Waals surface area contributed by atoms with Gasteiger partial charge in [-0.15, -0.1) is 0 Å². The Morgan fingerprint density at radius 2 is 1.69 bits per heavy atom. The smallest absolute Gasteiger partial charge is 0.254 e. The fourth-order valence-electron chi connectivity index (χ4n) is 4.38. The zero-order chi connectivity index (χ0) is 20.1. The Labute approximate surface area is 173 Å². The van der Waals surface area contributed by atoms with Gasteiger partial charge in [-0.05, 0) is 57.0 Å². The number of ether oxygens (including phenoxy) is 1. The van der Waals surface area contributed by atoms with Gasteiger partial charge in [-0.25, -0.2) is 0 Å². The summed E-state index contributed by atoms with van der Waals surface area (Å²) in [7, 11) is 0. The molecule has 1 N–H and O–H groups in total. The maximum atomic E-state index is 12.9. The Morgan fingerprint density at radius 1 is 0.966 bits per heavy atom. The maximum absolute atomic E-state index is 12.9. The third kappa shape index (κ3) is 5.35. The Bertz CT molecular complexity index is 706. The lowest BCUT2D eigenvalue weighted by Gasteiger charge is -2.35. The first-order valence-corrected chi connectivity index (χ1v) is 11.0. The number of carbonyl (C=O) groups excluding carboxylic acids is 2. The lowest BCUT2D eigenvalue weighted by atomic mass is 10.1. The summed E-state index contributed by atoms with van der Waals surface area (Å²) in [4.78, 5) is 32.1. The van der Waals surface area contributed by atoms with E-state index in [0.29, 0.717) is 17.9 Å². The van der Waals surface area contributed by atoms with Gasteiger partial charge in [0.2, 0.25) is 0 Å². The van der Waals surface area contributed by atoms with Gasteiger partial charge in [0.05, 0.1) is 0 Å². The normalized spacial score (nSPS) is 23.4. The lowest BCUT2D eigenvalue weighted by Crippen LogP contribution is -2.50. The fraction of sp³-hybridized carbons (Fsp3) is 0.636. The molecule has 3 heterocycles. The number of carbonyl (C=O) groups is 2. The maximum Gasteiger partial charge on any atom is 0.254 e. The zero-order valence-electron chi connectivity index (χ0n) is 17.1. The molecule has 7 heteroatoms. The minimum Gasteiger partial charge on any atom is -0.368 e. The number of hydrogen-bond donors (Lipinski definition) is 1. The van der Waals surface area contributed by atoms with Gasteiger partial charge in [0.15, 0.2) is 0 Å². The van der Waals surface area contributed by atoms with Crippen molar-refractivity contribution in [1.29, 1.82) is 0 Å². The van der Waals surface area contributed by atoms with Crippen LogP contribution in [0.4, 0.5) is 5.69 Å². The van der Waals surface area contributed by atoms with E-state index >= 15 is 0 Å². The van der Waals surface area contributed by atoms with Crippen LogP contribution < -0.4 is 5.32 Å². The van der Waals surface area contributed by atoms with Gasteiger partial charge in [-0.1, -0.05) is 6.07 Å². The molecule has 0 bridgehead atoms. The molecule has 1 unspecified atom stereocenters. The molecule has 1 aromatic carbocycles. The molecule has 1 aromatic rings. The standard InChI is InChI=1S/C22H32N4O3/c27-21(20-7-4-16-29-20)23-19-6-3-5-18(17-19)22(28)26-14-12-25(13-15-26)11-10-24-8-1-2-9-24/h3,5-6,17,20H,1-2,4,7-16H2,(H,23,27). The Hall–Kier alpha value is -1.96. The summed E-state index contributed by atoms with van der Waals surface area (Å²) in [5.41, 5.74) is 1.28. The quantitative estimate of drug-likeness (QED) is 0.787. The van der Waals surface area contributed by atoms with E-state index in [1.54, 1.807) is 6.07 Å². The van der Waals surface area contributed by atoms with Crippen LogP contribution in [0.1, 0.15) is 36.0 Å². The Balaban J connectivity index is 1.26. The second-order valence-corrected chi connectivity index (χ2v) is 8.25. The summed E-state index contributed by atoms with van der Waals surface area (Å²) in [5.74, 6) is -0.0869. The summed E-state index contributed by atoms with van der Waals surface area (Å²) < 4.78 is 5.43. The van der Waals surface area contributed by atoms with Crippen LogP contribution in [0, 0.1) is 0 Å². The second-order valence-electron chi connectivity index (χ2n) is 8.25. The number of likely N-dealkylation sites (tertiary alicyclic amines) is 1. The van der Waals surface area contributed by atoms with Crippen molar-refractivity contribution < 1.29 is 14.3 Å². The molecule has 0 spiro atoms. The molecule has 2 amide bonds. The molecular formula is C22H32N4O3. The van der Waals surface area contributed by atoms with Crippen molar-refractivity contribution in [2.24, 2.45) is 0 Å². The molecule has 3 aliphatic heterocycles. The SMILES string of the molecule is O=C(Nc1cccc(C(=O)N2CCN(CCN3CCCC3)CC2)c1)C1CCCO1. The van der Waals surface area contributed by atoms with Gasteiger partial charge in [-0.3, -0.25) is 14.5 Å². The van der Waals surface area contributed by atoms with E-state index in [1.807, 2.05) is 23.1 Å². The van der Waals surface area contributed by atoms with E-state index in [-0.39, 0.29) is 17.9 Å². The van der Waals surface area contributed by atoms with Gasteiger partial charge in [0.1, 0.15) is 6.10 Å². The summed E-state index contributed by atoms with van der Waals surface area (Å²) in [5, 5.41) is 2.88. The number of benzene rings is 1. The molecule has 4 rings (SSSR count). The lowest BCUT2D eigenvalue weighted by molar-refractivity contribution is -0.124. The number of nitrogens with zero attached hydrogens (tertiary/aromatic N) is 3. The van der Waals surface area contributed by atoms with E-state index in [4.69, 9.17) is 4.74 Å². The Morgan fingerprint density at radius 3 is 2.38 bits per heavy atom. The third-order valence-electron chi connectivity index (χ3n) is 6.19. The van der Waals surface area contributed by atoms with Gasteiger partial charge >= 0.3 is 0 Å². The average Bonchev–Trinajstić information content (AvgIpc) is 3.46. The van der Waals surface area contributed by atoms with Crippen molar-refractivity contribution in [3.63, 3.8) is 0 Å². The van der Waals surface area contributed by atoms with Crippen molar-refractivity contribution >= 4 is 17.5 Å². The molecule has 0 aromatic heterocycles. The zero-order valence-corrected chi connectivity index (χ0v) is 17.1. The number of rotatable bonds is 6. The monoisotopic (exact) mass is 400 g/mol. The van der Waals surface area contributed by atoms with Crippen LogP contribution in [0.2, 0.25) is 0 Å². The molecule has 3 aliphatic rings. The highest BCUT2D eigenvalue weighted by molar-refractivity contribution is 5.98. The topological polar surface area (TPSA) is 65.1 Å². The van der Waals surface area contributed by atoms with Crippen LogP contribution in [0.15, 0.2) is 24.3 Å². The van der Waals surface area contributed by atoms with Crippen LogP contribution >= 0.6 is 0 Å². The van der Waals surface area contributed by atoms with Crippen LogP contribution in [-0.4, -0.2) is 91.6 Å². The number of piperazine rings is 1. The minimum absolute atomic E-state index is 0.0393. The van der Waals surface area contributed by atoms with Crippen molar-refractivity contribution in [2.75, 3.05) is 64.3 Å².